The molecule has 6 nitrogen and oxygen atoms in total. The molecule has 1 heterocycles. The van der Waals surface area contributed by atoms with E-state index in [1.54, 1.807) is 18.2 Å². The number of carbonyl (C=O) groups is 2. The topological polar surface area (TPSA) is 59.1 Å². The van der Waals surface area contributed by atoms with Gasteiger partial charge < -0.3 is 14.4 Å². The van der Waals surface area contributed by atoms with Gasteiger partial charge in [0, 0.05) is 31.7 Å². The zero-order valence-electron chi connectivity index (χ0n) is 18.7. The minimum Gasteiger partial charge on any atom is -0.493 e. The largest absolute Gasteiger partial charge is 0.493 e. The third-order valence-electron chi connectivity index (χ3n) is 5.94. The van der Waals surface area contributed by atoms with Gasteiger partial charge in [-0.15, -0.1) is 0 Å². The van der Waals surface area contributed by atoms with E-state index >= 15 is 0 Å². The molecule has 0 radical (unpaired) electrons. The van der Waals surface area contributed by atoms with Crippen LogP contribution in [0.15, 0.2) is 78.9 Å². The van der Waals surface area contributed by atoms with Crippen molar-refractivity contribution < 1.29 is 19.1 Å². The number of methoxy groups -OCH3 is 1. The van der Waals surface area contributed by atoms with Gasteiger partial charge in [0.25, 0.3) is 5.91 Å². The van der Waals surface area contributed by atoms with Crippen LogP contribution in [-0.2, 0) is 4.79 Å². The van der Waals surface area contributed by atoms with Gasteiger partial charge in [-0.2, -0.15) is 0 Å². The summed E-state index contributed by atoms with van der Waals surface area (Å²) in [6.07, 6.45) is 0.745. The summed E-state index contributed by atoms with van der Waals surface area (Å²) in [6, 6.07) is 26.0. The minimum atomic E-state index is -0.0718. The SMILES string of the molecule is COc1cc(C=O)ccc1OCC(=O)N1CCN(C(c2ccccc2)c2ccccc2)CC1. The molecule has 170 valence electrons. The maximum Gasteiger partial charge on any atom is 0.260 e. The Labute approximate surface area is 194 Å². The lowest BCUT2D eigenvalue weighted by molar-refractivity contribution is -0.135. The fourth-order valence-electron chi connectivity index (χ4n) is 4.22. The van der Waals surface area contributed by atoms with Gasteiger partial charge in [-0.3, -0.25) is 14.5 Å². The Kier molecular flexibility index (Phi) is 7.37. The van der Waals surface area contributed by atoms with Crippen molar-refractivity contribution in [2.75, 3.05) is 39.9 Å². The van der Waals surface area contributed by atoms with E-state index in [0.717, 1.165) is 19.4 Å². The number of piperazine rings is 1. The van der Waals surface area contributed by atoms with Gasteiger partial charge in [0.1, 0.15) is 6.29 Å². The third kappa shape index (κ3) is 5.41. The Hall–Kier alpha value is -3.64. The Bertz CT molecular complexity index is 1020. The van der Waals surface area contributed by atoms with Gasteiger partial charge >= 0.3 is 0 Å². The predicted molar refractivity (Wildman–Crippen MR) is 127 cm³/mol. The van der Waals surface area contributed by atoms with Crippen molar-refractivity contribution >= 4 is 12.2 Å². The second kappa shape index (κ2) is 10.8. The molecule has 0 atom stereocenters. The zero-order chi connectivity index (χ0) is 23.0. The Morgan fingerprint density at radius 1 is 0.879 bits per heavy atom. The molecule has 0 aliphatic carbocycles. The average molecular weight is 445 g/mol. The number of benzene rings is 3. The van der Waals surface area contributed by atoms with E-state index in [1.807, 2.05) is 17.0 Å². The summed E-state index contributed by atoms with van der Waals surface area (Å²) < 4.78 is 11.0. The first-order valence-corrected chi connectivity index (χ1v) is 11.1. The molecule has 33 heavy (non-hydrogen) atoms. The number of amides is 1. The summed E-state index contributed by atoms with van der Waals surface area (Å²) >= 11 is 0. The second-order valence-electron chi connectivity index (χ2n) is 7.96. The van der Waals surface area contributed by atoms with Crippen LogP contribution in [0.5, 0.6) is 11.5 Å². The number of aldehydes is 1. The van der Waals surface area contributed by atoms with Crippen molar-refractivity contribution in [2.45, 2.75) is 6.04 Å². The van der Waals surface area contributed by atoms with Crippen molar-refractivity contribution in [1.82, 2.24) is 9.80 Å². The van der Waals surface area contributed by atoms with E-state index in [9.17, 15) is 9.59 Å². The molecule has 1 amide bonds. The summed E-state index contributed by atoms with van der Waals surface area (Å²) in [6.45, 7) is 2.76. The first-order chi connectivity index (χ1) is 16.2. The quantitative estimate of drug-likeness (QED) is 0.495. The molecule has 1 fully saturated rings. The minimum absolute atomic E-state index is 0.0628. The van der Waals surface area contributed by atoms with Crippen LogP contribution in [0, 0.1) is 0 Å². The Morgan fingerprint density at radius 3 is 2.03 bits per heavy atom. The van der Waals surface area contributed by atoms with E-state index in [4.69, 9.17) is 9.47 Å². The molecular weight excluding hydrogens is 416 g/mol. The molecule has 1 saturated heterocycles. The number of carbonyl (C=O) groups excluding carboxylic acids is 2. The van der Waals surface area contributed by atoms with E-state index < -0.39 is 0 Å². The van der Waals surface area contributed by atoms with Gasteiger partial charge in [-0.05, 0) is 29.3 Å². The van der Waals surface area contributed by atoms with Crippen LogP contribution in [0.25, 0.3) is 0 Å². The summed E-state index contributed by atoms with van der Waals surface area (Å²) in [5, 5.41) is 0. The molecule has 0 saturated carbocycles. The van der Waals surface area contributed by atoms with Crippen LogP contribution in [0.4, 0.5) is 0 Å². The van der Waals surface area contributed by atoms with Crippen LogP contribution in [0.3, 0.4) is 0 Å². The van der Waals surface area contributed by atoms with Crippen LogP contribution in [-0.4, -0.2) is 61.9 Å². The number of ether oxygens (including phenoxy) is 2. The molecular formula is C27H28N2O4. The lowest BCUT2D eigenvalue weighted by Crippen LogP contribution is -2.51. The number of nitrogens with zero attached hydrogens (tertiary/aromatic N) is 2. The normalized spacial score (nSPS) is 14.2. The van der Waals surface area contributed by atoms with E-state index in [0.29, 0.717) is 30.2 Å². The Morgan fingerprint density at radius 2 is 1.48 bits per heavy atom. The summed E-state index contributed by atoms with van der Waals surface area (Å²) in [4.78, 5) is 28.0. The molecule has 0 aromatic heterocycles. The second-order valence-corrected chi connectivity index (χ2v) is 7.96. The molecule has 4 rings (SSSR count). The molecule has 0 N–H and O–H groups in total. The molecule has 0 spiro atoms. The average Bonchev–Trinajstić information content (AvgIpc) is 2.89. The van der Waals surface area contributed by atoms with Crippen molar-refractivity contribution in [3.63, 3.8) is 0 Å². The predicted octanol–water partition coefficient (Wildman–Crippen LogP) is 3.82. The van der Waals surface area contributed by atoms with Crippen molar-refractivity contribution in [1.29, 1.82) is 0 Å². The number of rotatable bonds is 8. The fourth-order valence-corrected chi connectivity index (χ4v) is 4.22. The molecule has 0 unspecified atom stereocenters. The van der Waals surface area contributed by atoms with Crippen molar-refractivity contribution in [3.8, 4) is 11.5 Å². The molecule has 1 aliphatic rings. The standard InChI is InChI=1S/C27H28N2O4/c1-32-25-18-21(19-30)12-13-24(25)33-20-26(31)28-14-16-29(17-15-28)27(22-8-4-2-5-9-22)23-10-6-3-7-11-23/h2-13,18-19,27H,14-17,20H2,1H3. The number of hydrogen-bond donors (Lipinski definition) is 0. The Balaban J connectivity index is 1.38. The van der Waals surface area contributed by atoms with Crippen LogP contribution >= 0.6 is 0 Å². The number of hydrogen-bond acceptors (Lipinski definition) is 5. The smallest absolute Gasteiger partial charge is 0.260 e. The molecule has 6 heteroatoms. The highest BCUT2D eigenvalue weighted by atomic mass is 16.5. The van der Waals surface area contributed by atoms with Crippen molar-refractivity contribution in [2.24, 2.45) is 0 Å². The first kappa shape index (κ1) is 22.6. The van der Waals surface area contributed by atoms with Crippen LogP contribution < -0.4 is 9.47 Å². The highest BCUT2D eigenvalue weighted by Gasteiger charge is 2.28. The summed E-state index contributed by atoms with van der Waals surface area (Å²) in [5.41, 5.74) is 2.99. The maximum atomic E-state index is 12.8. The monoisotopic (exact) mass is 444 g/mol. The fraction of sp³-hybridized carbons (Fsp3) is 0.259. The van der Waals surface area contributed by atoms with Crippen LogP contribution in [0.2, 0.25) is 0 Å². The first-order valence-electron chi connectivity index (χ1n) is 11.1. The highest BCUT2D eigenvalue weighted by Crippen LogP contribution is 2.30. The molecule has 3 aromatic rings. The lowest BCUT2D eigenvalue weighted by Gasteiger charge is -2.39. The summed E-state index contributed by atoms with van der Waals surface area (Å²) in [5.74, 6) is 0.821. The van der Waals surface area contributed by atoms with Crippen LogP contribution in [0.1, 0.15) is 27.5 Å². The van der Waals surface area contributed by atoms with Gasteiger partial charge in [0.15, 0.2) is 18.1 Å². The van der Waals surface area contributed by atoms with Gasteiger partial charge in [0.05, 0.1) is 13.2 Å². The van der Waals surface area contributed by atoms with E-state index in [2.05, 4.69) is 53.4 Å². The van der Waals surface area contributed by atoms with E-state index in [1.165, 1.54) is 18.2 Å². The van der Waals surface area contributed by atoms with Gasteiger partial charge in [-0.25, -0.2) is 0 Å². The maximum absolute atomic E-state index is 12.8. The van der Waals surface area contributed by atoms with Crippen molar-refractivity contribution in [3.05, 3.63) is 95.6 Å². The molecule has 3 aromatic carbocycles. The third-order valence-corrected chi connectivity index (χ3v) is 5.94. The molecule has 0 bridgehead atoms. The van der Waals surface area contributed by atoms with Gasteiger partial charge in [0.2, 0.25) is 0 Å². The highest BCUT2D eigenvalue weighted by molar-refractivity contribution is 5.78. The molecule has 1 aliphatic heterocycles. The lowest BCUT2D eigenvalue weighted by atomic mass is 9.96. The van der Waals surface area contributed by atoms with E-state index in [-0.39, 0.29) is 18.6 Å². The van der Waals surface area contributed by atoms with Gasteiger partial charge in [-0.1, -0.05) is 60.7 Å². The zero-order valence-corrected chi connectivity index (χ0v) is 18.7. The summed E-state index contributed by atoms with van der Waals surface area (Å²) in [7, 11) is 1.51.